The first-order valence-electron chi connectivity index (χ1n) is 12.8. The second-order valence-corrected chi connectivity index (χ2v) is 9.91. The predicted molar refractivity (Wildman–Crippen MR) is 134 cm³/mol. The van der Waals surface area contributed by atoms with E-state index in [9.17, 15) is 18.4 Å². The number of nitrogens with one attached hydrogen (secondary N) is 1. The molecule has 2 aromatic rings. The fraction of sp³-hybridized carbons (Fsp3) is 0.500. The SMILES string of the molecule is CC1CCN(Cc2ccccc2CNC(=O)C2CCCN(C(=O)c3ccccc3OC(F)F)C2)CC1. The Hall–Kier alpha value is -3.00. The Balaban J connectivity index is 1.34. The molecule has 4 rings (SSSR count). The van der Waals surface area contributed by atoms with E-state index in [0.29, 0.717) is 25.9 Å². The number of piperidine rings is 2. The van der Waals surface area contributed by atoms with Crippen LogP contribution >= 0.6 is 0 Å². The van der Waals surface area contributed by atoms with Crippen molar-refractivity contribution in [1.29, 1.82) is 0 Å². The normalized spacial score (nSPS) is 19.3. The minimum Gasteiger partial charge on any atom is -0.434 e. The molecule has 0 aliphatic carbocycles. The molecule has 2 saturated heterocycles. The molecule has 0 saturated carbocycles. The lowest BCUT2D eigenvalue weighted by atomic mass is 9.96. The molecule has 2 amide bonds. The lowest BCUT2D eigenvalue weighted by Crippen LogP contribution is -2.45. The Kier molecular flexibility index (Phi) is 8.91. The van der Waals surface area contributed by atoms with Crippen molar-refractivity contribution >= 4 is 11.8 Å². The number of alkyl halides is 2. The van der Waals surface area contributed by atoms with E-state index in [-0.39, 0.29) is 29.7 Å². The van der Waals surface area contributed by atoms with E-state index in [2.05, 4.69) is 34.0 Å². The summed E-state index contributed by atoms with van der Waals surface area (Å²) < 4.78 is 30.1. The minimum absolute atomic E-state index is 0.0832. The van der Waals surface area contributed by atoms with Gasteiger partial charge in [-0.15, -0.1) is 0 Å². The van der Waals surface area contributed by atoms with E-state index in [0.717, 1.165) is 31.1 Å². The Labute approximate surface area is 211 Å². The summed E-state index contributed by atoms with van der Waals surface area (Å²) in [6, 6.07) is 14.2. The number of benzene rings is 2. The molecule has 0 aromatic heterocycles. The van der Waals surface area contributed by atoms with E-state index in [1.54, 1.807) is 17.0 Å². The topological polar surface area (TPSA) is 61.9 Å². The molecule has 194 valence electrons. The number of likely N-dealkylation sites (tertiary alicyclic amines) is 2. The van der Waals surface area contributed by atoms with E-state index in [4.69, 9.17) is 0 Å². The highest BCUT2D eigenvalue weighted by Crippen LogP contribution is 2.25. The predicted octanol–water partition coefficient (Wildman–Crippen LogP) is 4.69. The van der Waals surface area contributed by atoms with Crippen molar-refractivity contribution in [2.45, 2.75) is 52.3 Å². The van der Waals surface area contributed by atoms with Crippen LogP contribution in [0.3, 0.4) is 0 Å². The molecule has 8 heteroatoms. The number of carbonyl (C=O) groups is 2. The summed E-state index contributed by atoms with van der Waals surface area (Å²) in [6.45, 7) is 3.53. The van der Waals surface area contributed by atoms with Gasteiger partial charge < -0.3 is 15.0 Å². The van der Waals surface area contributed by atoms with Gasteiger partial charge in [0.25, 0.3) is 5.91 Å². The van der Waals surface area contributed by atoms with Crippen LogP contribution in [0.5, 0.6) is 5.75 Å². The monoisotopic (exact) mass is 499 g/mol. The van der Waals surface area contributed by atoms with Gasteiger partial charge in [-0.3, -0.25) is 14.5 Å². The standard InChI is InChI=1S/C28H35F2N3O3/c1-20-12-15-32(16-13-20)18-22-8-3-2-7-21(22)17-31-26(34)23-9-6-14-33(19-23)27(35)24-10-4-5-11-25(24)36-28(29)30/h2-5,7-8,10-11,20,23,28H,6,9,12-19H2,1H3,(H,31,34). The van der Waals surface area contributed by atoms with E-state index in [1.807, 2.05) is 12.1 Å². The van der Waals surface area contributed by atoms with Crippen molar-refractivity contribution in [2.24, 2.45) is 11.8 Å². The van der Waals surface area contributed by atoms with Crippen molar-refractivity contribution in [3.63, 3.8) is 0 Å². The molecule has 2 aromatic carbocycles. The molecule has 1 N–H and O–H groups in total. The van der Waals surface area contributed by atoms with Gasteiger partial charge in [0.15, 0.2) is 0 Å². The molecule has 0 radical (unpaired) electrons. The van der Waals surface area contributed by atoms with E-state index < -0.39 is 12.5 Å². The smallest absolute Gasteiger partial charge is 0.387 e. The van der Waals surface area contributed by atoms with Gasteiger partial charge in [-0.2, -0.15) is 8.78 Å². The Morgan fingerprint density at radius 3 is 2.44 bits per heavy atom. The van der Waals surface area contributed by atoms with Crippen molar-refractivity contribution in [3.05, 3.63) is 65.2 Å². The Morgan fingerprint density at radius 1 is 1.00 bits per heavy atom. The summed E-state index contributed by atoms with van der Waals surface area (Å²) in [5, 5.41) is 3.07. The zero-order valence-electron chi connectivity index (χ0n) is 20.8. The minimum atomic E-state index is -3.01. The van der Waals surface area contributed by atoms with Crippen LogP contribution in [0.1, 0.15) is 54.1 Å². The van der Waals surface area contributed by atoms with Crippen LogP contribution in [0.4, 0.5) is 8.78 Å². The zero-order valence-corrected chi connectivity index (χ0v) is 20.8. The number of ether oxygens (including phenoxy) is 1. The third-order valence-electron chi connectivity index (χ3n) is 7.25. The quantitative estimate of drug-likeness (QED) is 0.573. The van der Waals surface area contributed by atoms with Crippen molar-refractivity contribution in [3.8, 4) is 5.75 Å². The van der Waals surface area contributed by atoms with Crippen molar-refractivity contribution in [2.75, 3.05) is 26.2 Å². The molecule has 1 atom stereocenters. The van der Waals surface area contributed by atoms with Crippen LogP contribution in [0.2, 0.25) is 0 Å². The van der Waals surface area contributed by atoms with Gasteiger partial charge in [0, 0.05) is 26.2 Å². The molecule has 1 unspecified atom stereocenters. The first-order chi connectivity index (χ1) is 17.4. The van der Waals surface area contributed by atoms with E-state index >= 15 is 0 Å². The average molecular weight is 500 g/mol. The molecule has 2 fully saturated rings. The van der Waals surface area contributed by atoms with E-state index in [1.165, 1.54) is 30.5 Å². The number of hydrogen-bond donors (Lipinski definition) is 1. The molecule has 0 bridgehead atoms. The molecule has 2 aliphatic rings. The average Bonchev–Trinajstić information content (AvgIpc) is 2.89. The van der Waals surface area contributed by atoms with Crippen LogP contribution in [-0.2, 0) is 17.9 Å². The molecular formula is C28H35F2N3O3. The van der Waals surface area contributed by atoms with Crippen LogP contribution in [0.25, 0.3) is 0 Å². The van der Waals surface area contributed by atoms with Crippen molar-refractivity contribution < 1.29 is 23.1 Å². The molecule has 6 nitrogen and oxygen atoms in total. The van der Waals surface area contributed by atoms with Crippen LogP contribution < -0.4 is 10.1 Å². The maximum atomic E-state index is 13.1. The lowest BCUT2D eigenvalue weighted by molar-refractivity contribution is -0.126. The number of hydrogen-bond acceptors (Lipinski definition) is 4. The van der Waals surface area contributed by atoms with Crippen LogP contribution in [-0.4, -0.2) is 54.4 Å². The highest BCUT2D eigenvalue weighted by atomic mass is 19.3. The number of halogens is 2. The van der Waals surface area contributed by atoms with Gasteiger partial charge in [-0.1, -0.05) is 43.3 Å². The second kappa shape index (κ2) is 12.3. The first kappa shape index (κ1) is 26.1. The van der Waals surface area contributed by atoms with Gasteiger partial charge in [0.05, 0.1) is 11.5 Å². The molecule has 36 heavy (non-hydrogen) atoms. The third-order valence-corrected chi connectivity index (χ3v) is 7.25. The molecule has 2 aliphatic heterocycles. The highest BCUT2D eigenvalue weighted by molar-refractivity contribution is 5.97. The largest absolute Gasteiger partial charge is 0.434 e. The number of amides is 2. The van der Waals surface area contributed by atoms with Gasteiger partial charge in [-0.25, -0.2) is 0 Å². The summed E-state index contributed by atoms with van der Waals surface area (Å²) in [6.07, 6.45) is 3.78. The number of carbonyl (C=O) groups excluding carboxylic acids is 2. The summed E-state index contributed by atoms with van der Waals surface area (Å²) in [5.74, 6) is -0.204. The Morgan fingerprint density at radius 2 is 1.69 bits per heavy atom. The van der Waals surface area contributed by atoms with Gasteiger partial charge in [-0.05, 0) is 68.0 Å². The molecule has 0 spiro atoms. The third kappa shape index (κ3) is 6.81. The van der Waals surface area contributed by atoms with Crippen LogP contribution in [0, 0.1) is 11.8 Å². The number of rotatable bonds is 8. The van der Waals surface area contributed by atoms with Gasteiger partial charge >= 0.3 is 6.61 Å². The molecule has 2 heterocycles. The van der Waals surface area contributed by atoms with Gasteiger partial charge in [0.1, 0.15) is 5.75 Å². The summed E-state index contributed by atoms with van der Waals surface area (Å²) >= 11 is 0. The Bertz CT molecular complexity index is 1040. The zero-order chi connectivity index (χ0) is 25.5. The number of nitrogens with zero attached hydrogens (tertiary/aromatic N) is 2. The lowest BCUT2D eigenvalue weighted by Gasteiger charge is -2.32. The van der Waals surface area contributed by atoms with Crippen LogP contribution in [0.15, 0.2) is 48.5 Å². The highest BCUT2D eigenvalue weighted by Gasteiger charge is 2.30. The molecular weight excluding hydrogens is 464 g/mol. The fourth-order valence-corrected chi connectivity index (χ4v) is 5.06. The maximum absolute atomic E-state index is 13.1. The second-order valence-electron chi connectivity index (χ2n) is 9.91. The summed E-state index contributed by atoms with van der Waals surface area (Å²) in [7, 11) is 0. The summed E-state index contributed by atoms with van der Waals surface area (Å²) in [4.78, 5) is 30.1. The van der Waals surface area contributed by atoms with Crippen molar-refractivity contribution in [1.82, 2.24) is 15.1 Å². The maximum Gasteiger partial charge on any atom is 0.387 e. The summed E-state index contributed by atoms with van der Waals surface area (Å²) in [5.41, 5.74) is 2.41. The number of para-hydroxylation sites is 1. The fourth-order valence-electron chi connectivity index (χ4n) is 5.06. The van der Waals surface area contributed by atoms with Gasteiger partial charge in [0.2, 0.25) is 5.91 Å². The first-order valence-corrected chi connectivity index (χ1v) is 12.8.